The molecule has 0 bridgehead atoms. The maximum Gasteiger partial charge on any atom is 0.0770 e. The molecule has 2 nitrogen and oxygen atoms in total. The quantitative estimate of drug-likeness (QED) is 0.483. The van der Waals surface area contributed by atoms with Gasteiger partial charge in [0.25, 0.3) is 0 Å². The van der Waals surface area contributed by atoms with Crippen LogP contribution < -0.4 is 0 Å². The Kier molecular flexibility index (Phi) is 14.4. The third-order valence-corrected chi connectivity index (χ3v) is 0.408. The van der Waals surface area contributed by atoms with Crippen LogP contribution >= 0.6 is 0 Å². The maximum atomic E-state index is 9.57. The third-order valence-electron chi connectivity index (χ3n) is 0.408. The summed E-state index contributed by atoms with van der Waals surface area (Å²) in [5.41, 5.74) is 0. The first kappa shape index (κ1) is 11.8. The van der Waals surface area contributed by atoms with Gasteiger partial charge in [-0.25, -0.2) is 0 Å². The van der Waals surface area contributed by atoms with Gasteiger partial charge in [0.1, 0.15) is 0 Å². The van der Waals surface area contributed by atoms with E-state index in [-0.39, 0.29) is 0 Å². The van der Waals surface area contributed by atoms with Crippen molar-refractivity contribution in [3.8, 4) is 0 Å². The van der Waals surface area contributed by atoms with Crippen LogP contribution in [0.3, 0.4) is 0 Å². The molecule has 0 radical (unpaired) electrons. The van der Waals surface area contributed by atoms with Crippen LogP contribution in [-0.4, -0.2) is 38.7 Å². The summed E-state index contributed by atoms with van der Waals surface area (Å²) in [5.74, 6) is 0. The Morgan fingerprint density at radius 2 is 1.56 bits per heavy atom. The van der Waals surface area contributed by atoms with E-state index in [1.807, 2.05) is 13.8 Å². The van der Waals surface area contributed by atoms with Crippen molar-refractivity contribution in [3.63, 3.8) is 0 Å². The molecule has 56 valence electrons. The van der Waals surface area contributed by atoms with Gasteiger partial charge < -0.3 is 9.53 Å². The molecule has 0 aromatic heterocycles. The van der Waals surface area contributed by atoms with Gasteiger partial charge in [0, 0.05) is 13.2 Å². The summed E-state index contributed by atoms with van der Waals surface area (Å²) in [6, 6.07) is 0. The van der Waals surface area contributed by atoms with Crippen molar-refractivity contribution in [3.05, 3.63) is 0 Å². The standard InChI is InChI=1S/C4H10O.CH6OSi2/c1-3-5-4-2;2-1(3)4/h3-4H2,1-2H3;3-4H3. The first-order valence-electron chi connectivity index (χ1n) is 3.20. The molecule has 0 heterocycles. The van der Waals surface area contributed by atoms with Crippen molar-refractivity contribution in [2.45, 2.75) is 13.8 Å². The van der Waals surface area contributed by atoms with Gasteiger partial charge in [-0.2, -0.15) is 0 Å². The van der Waals surface area contributed by atoms with Crippen molar-refractivity contribution >= 4 is 25.5 Å². The molecule has 0 fully saturated rings. The normalized spacial score (nSPS) is 8.22. The van der Waals surface area contributed by atoms with Crippen LogP contribution in [0.1, 0.15) is 13.8 Å². The van der Waals surface area contributed by atoms with Crippen molar-refractivity contribution in [1.29, 1.82) is 0 Å². The van der Waals surface area contributed by atoms with Crippen LogP contribution in [-0.2, 0) is 4.74 Å². The number of carbonyl (C=O) groups is 1. The Balaban J connectivity index is 0. The van der Waals surface area contributed by atoms with E-state index in [2.05, 4.69) is 0 Å². The molecule has 0 unspecified atom stereocenters. The minimum absolute atomic E-state index is 0.444. The Morgan fingerprint density at radius 3 is 1.56 bits per heavy atom. The lowest BCUT2D eigenvalue weighted by molar-refractivity contribution is 0.162. The van der Waals surface area contributed by atoms with Crippen LogP contribution in [0.2, 0.25) is 0 Å². The van der Waals surface area contributed by atoms with Crippen molar-refractivity contribution < 1.29 is 9.53 Å². The highest BCUT2D eigenvalue weighted by Gasteiger charge is 1.64. The van der Waals surface area contributed by atoms with Crippen LogP contribution in [0.15, 0.2) is 0 Å². The zero-order chi connectivity index (χ0) is 7.70. The molecular formula is C5H16O2Si2. The molecule has 4 heteroatoms. The first-order valence-corrected chi connectivity index (χ1v) is 5.20. The van der Waals surface area contributed by atoms with Gasteiger partial charge in [0.05, 0.1) is 25.5 Å². The highest BCUT2D eigenvalue weighted by molar-refractivity contribution is 6.87. The fourth-order valence-corrected chi connectivity index (χ4v) is 0.204. The molecule has 0 aromatic rings. The van der Waals surface area contributed by atoms with E-state index < -0.39 is 0 Å². The molecule has 0 rings (SSSR count). The van der Waals surface area contributed by atoms with Crippen LogP contribution in [0.5, 0.6) is 0 Å². The van der Waals surface area contributed by atoms with E-state index in [0.29, 0.717) is 5.03 Å². The smallest absolute Gasteiger partial charge is 0.0770 e. The van der Waals surface area contributed by atoms with Gasteiger partial charge in [-0.05, 0) is 13.8 Å². The van der Waals surface area contributed by atoms with E-state index in [1.54, 1.807) is 0 Å². The van der Waals surface area contributed by atoms with Crippen molar-refractivity contribution in [2.75, 3.05) is 13.2 Å². The monoisotopic (exact) mass is 164 g/mol. The van der Waals surface area contributed by atoms with Crippen LogP contribution in [0.25, 0.3) is 0 Å². The average Bonchev–Trinajstić information content (AvgIpc) is 1.66. The summed E-state index contributed by atoms with van der Waals surface area (Å²) in [6.45, 7) is 5.67. The van der Waals surface area contributed by atoms with Gasteiger partial charge in [-0.15, -0.1) is 0 Å². The lowest BCUT2D eigenvalue weighted by atomic mass is 10.8. The van der Waals surface area contributed by atoms with E-state index in [1.165, 1.54) is 0 Å². The number of hydrogen-bond donors (Lipinski definition) is 0. The van der Waals surface area contributed by atoms with E-state index >= 15 is 0 Å². The molecule has 0 saturated carbocycles. The molecular weight excluding hydrogens is 148 g/mol. The summed E-state index contributed by atoms with van der Waals surface area (Å²) < 4.78 is 4.83. The van der Waals surface area contributed by atoms with Gasteiger partial charge >= 0.3 is 0 Å². The highest BCUT2D eigenvalue weighted by Crippen LogP contribution is 1.64. The number of hydrogen-bond acceptors (Lipinski definition) is 2. The molecule has 0 aromatic carbocycles. The van der Waals surface area contributed by atoms with Crippen molar-refractivity contribution in [1.82, 2.24) is 0 Å². The largest absolute Gasteiger partial charge is 0.382 e. The van der Waals surface area contributed by atoms with E-state index in [4.69, 9.17) is 4.74 Å². The summed E-state index contributed by atoms with van der Waals surface area (Å²) in [6.07, 6.45) is 0. The lowest BCUT2D eigenvalue weighted by Crippen LogP contribution is -1.85. The molecule has 9 heavy (non-hydrogen) atoms. The third kappa shape index (κ3) is 69.6. The first-order chi connectivity index (χ1) is 4.15. The van der Waals surface area contributed by atoms with Crippen molar-refractivity contribution in [2.24, 2.45) is 0 Å². The summed E-state index contributed by atoms with van der Waals surface area (Å²) >= 11 is 0. The Labute approximate surface area is 62.8 Å². The summed E-state index contributed by atoms with van der Waals surface area (Å²) in [4.78, 5) is 9.57. The maximum absolute atomic E-state index is 9.57. The second-order valence-electron chi connectivity index (χ2n) is 1.69. The average molecular weight is 164 g/mol. The predicted octanol–water partition coefficient (Wildman–Crippen LogP) is -1.12. The molecule has 0 aliphatic heterocycles. The second kappa shape index (κ2) is 10.9. The Hall–Kier alpha value is 0.0638. The molecule has 0 aliphatic rings. The highest BCUT2D eigenvalue weighted by atomic mass is 28.2. The van der Waals surface area contributed by atoms with Gasteiger partial charge in [0.15, 0.2) is 0 Å². The molecule has 0 spiro atoms. The van der Waals surface area contributed by atoms with Crippen LogP contribution in [0, 0.1) is 0 Å². The minimum atomic E-state index is 0.444. The van der Waals surface area contributed by atoms with Gasteiger partial charge in [-0.3, -0.25) is 0 Å². The number of rotatable bonds is 2. The zero-order valence-corrected chi connectivity index (χ0v) is 10.7. The summed E-state index contributed by atoms with van der Waals surface area (Å²) in [7, 11) is 1.54. The topological polar surface area (TPSA) is 26.3 Å². The SMILES string of the molecule is CCOCC.O=C([SiH3])[SiH3]. The molecule has 0 atom stereocenters. The van der Waals surface area contributed by atoms with Gasteiger partial charge in [-0.1, -0.05) is 0 Å². The van der Waals surface area contributed by atoms with Gasteiger partial charge in [0.2, 0.25) is 0 Å². The lowest BCUT2D eigenvalue weighted by Gasteiger charge is -1.86. The predicted molar refractivity (Wildman–Crippen MR) is 47.4 cm³/mol. The van der Waals surface area contributed by atoms with E-state index in [9.17, 15) is 4.79 Å². The molecule has 0 aliphatic carbocycles. The molecule has 0 N–H and O–H groups in total. The molecule has 0 amide bonds. The number of ether oxygens (including phenoxy) is 1. The minimum Gasteiger partial charge on any atom is -0.382 e. The zero-order valence-electron chi connectivity index (χ0n) is 6.73. The number of carbonyl (C=O) groups excluding carboxylic acids is 1. The second-order valence-corrected chi connectivity index (χ2v) is 6.51. The fourth-order valence-electron chi connectivity index (χ4n) is 0.204. The fraction of sp³-hybridized carbons (Fsp3) is 0.800. The summed E-state index contributed by atoms with van der Waals surface area (Å²) in [5, 5.41) is 0.444. The van der Waals surface area contributed by atoms with Crippen LogP contribution in [0.4, 0.5) is 4.79 Å². The Morgan fingerprint density at radius 1 is 1.33 bits per heavy atom. The van der Waals surface area contributed by atoms with E-state index in [0.717, 1.165) is 33.7 Å². The molecule has 0 saturated heterocycles. The Bertz CT molecular complexity index is 60.0.